The number of carbonyl (C=O) groups excluding carboxylic acids is 1. The van der Waals surface area contributed by atoms with Gasteiger partial charge >= 0.3 is 0 Å². The largest absolute Gasteiger partial charge is 0.493 e. The van der Waals surface area contributed by atoms with Crippen molar-refractivity contribution in [2.45, 2.75) is 43.4 Å². The van der Waals surface area contributed by atoms with Crippen LogP contribution in [0.3, 0.4) is 0 Å². The quantitative estimate of drug-likeness (QED) is 0.910. The zero-order valence-corrected chi connectivity index (χ0v) is 14.5. The van der Waals surface area contributed by atoms with Gasteiger partial charge in [-0.05, 0) is 50.7 Å². The first-order valence-electron chi connectivity index (χ1n) is 8.41. The van der Waals surface area contributed by atoms with Crippen molar-refractivity contribution in [2.75, 3.05) is 20.7 Å². The molecule has 1 aromatic rings. The summed E-state index contributed by atoms with van der Waals surface area (Å²) in [6.07, 6.45) is 3.15. The number of likely N-dealkylation sites (N-methyl/N-ethyl adjacent to an activating group) is 1. The molecule has 128 valence electrons. The van der Waals surface area contributed by atoms with E-state index in [2.05, 4.69) is 11.8 Å². The van der Waals surface area contributed by atoms with Crippen molar-refractivity contribution >= 4 is 5.78 Å². The number of rotatable bonds is 3. The summed E-state index contributed by atoms with van der Waals surface area (Å²) < 4.78 is 11.5. The summed E-state index contributed by atoms with van der Waals surface area (Å²) in [5.41, 5.74) is 0.0624. The Morgan fingerprint density at radius 3 is 2.88 bits per heavy atom. The number of hydrogen-bond acceptors (Lipinski definition) is 5. The van der Waals surface area contributed by atoms with E-state index in [1.165, 1.54) is 6.08 Å². The van der Waals surface area contributed by atoms with Crippen LogP contribution in [0.25, 0.3) is 0 Å². The number of benzene rings is 1. The van der Waals surface area contributed by atoms with Crippen LogP contribution in [-0.2, 0) is 16.6 Å². The molecule has 0 radical (unpaired) electrons. The molecule has 4 atom stereocenters. The lowest BCUT2D eigenvalue weighted by Crippen LogP contribution is -2.70. The number of methoxy groups -OCH3 is 1. The summed E-state index contributed by atoms with van der Waals surface area (Å²) in [5.74, 6) is 1.11. The monoisotopic (exact) mass is 329 g/mol. The molecule has 0 amide bonds. The molecule has 5 nitrogen and oxygen atoms in total. The van der Waals surface area contributed by atoms with Gasteiger partial charge in [0.1, 0.15) is 5.60 Å². The molecular formula is C19H23NO4. The minimum atomic E-state index is -1.17. The SMILES string of the molecule is CCN(C)C1Cc2ccc(OC)c3c2[C@@]2(C)[C@@H](O3)C(=O)C=C[C@@]12O. The van der Waals surface area contributed by atoms with Gasteiger partial charge in [-0.25, -0.2) is 0 Å². The highest BCUT2D eigenvalue weighted by Crippen LogP contribution is 2.60. The van der Waals surface area contributed by atoms with Crippen molar-refractivity contribution in [3.63, 3.8) is 0 Å². The molecule has 0 saturated carbocycles. The van der Waals surface area contributed by atoms with Crippen LogP contribution in [0.2, 0.25) is 0 Å². The first-order valence-corrected chi connectivity index (χ1v) is 8.41. The Kier molecular flexibility index (Phi) is 3.15. The van der Waals surface area contributed by atoms with Crippen LogP contribution in [0.4, 0.5) is 0 Å². The van der Waals surface area contributed by atoms with Gasteiger partial charge in [0.05, 0.1) is 12.5 Å². The molecule has 0 bridgehead atoms. The molecule has 3 aliphatic rings. The maximum Gasteiger partial charge on any atom is 0.196 e. The average Bonchev–Trinajstić information content (AvgIpc) is 2.91. The molecule has 1 aliphatic heterocycles. The van der Waals surface area contributed by atoms with E-state index in [0.29, 0.717) is 17.9 Å². The number of carbonyl (C=O) groups is 1. The summed E-state index contributed by atoms with van der Waals surface area (Å²) in [5, 5.41) is 11.7. The van der Waals surface area contributed by atoms with Crippen LogP contribution >= 0.6 is 0 Å². The van der Waals surface area contributed by atoms with Gasteiger partial charge in [0.15, 0.2) is 23.4 Å². The van der Waals surface area contributed by atoms with Crippen LogP contribution in [0, 0.1) is 0 Å². The van der Waals surface area contributed by atoms with E-state index >= 15 is 0 Å². The predicted molar refractivity (Wildman–Crippen MR) is 89.7 cm³/mol. The Bertz CT molecular complexity index is 758. The number of ketones is 1. The van der Waals surface area contributed by atoms with E-state index in [0.717, 1.165) is 17.7 Å². The van der Waals surface area contributed by atoms with Crippen molar-refractivity contribution < 1.29 is 19.4 Å². The fraction of sp³-hybridized carbons (Fsp3) is 0.526. The first kappa shape index (κ1) is 15.7. The molecule has 4 rings (SSSR count). The molecule has 0 saturated heterocycles. The van der Waals surface area contributed by atoms with Gasteiger partial charge < -0.3 is 19.5 Å². The van der Waals surface area contributed by atoms with Crippen LogP contribution in [0.15, 0.2) is 24.3 Å². The van der Waals surface area contributed by atoms with E-state index in [-0.39, 0.29) is 11.8 Å². The molecule has 1 heterocycles. The van der Waals surface area contributed by atoms with Gasteiger partial charge in [0.2, 0.25) is 0 Å². The number of nitrogens with zero attached hydrogens (tertiary/aromatic N) is 1. The Labute approximate surface area is 141 Å². The lowest BCUT2D eigenvalue weighted by Gasteiger charge is -2.54. The third kappa shape index (κ3) is 1.59. The van der Waals surface area contributed by atoms with E-state index in [4.69, 9.17) is 9.47 Å². The van der Waals surface area contributed by atoms with Crippen molar-refractivity contribution in [3.8, 4) is 11.5 Å². The highest BCUT2D eigenvalue weighted by Gasteiger charge is 2.67. The highest BCUT2D eigenvalue weighted by molar-refractivity contribution is 5.98. The predicted octanol–water partition coefficient (Wildman–Crippen LogP) is 1.46. The van der Waals surface area contributed by atoms with Crippen LogP contribution < -0.4 is 9.47 Å². The van der Waals surface area contributed by atoms with Gasteiger partial charge in [0.25, 0.3) is 0 Å². The molecule has 0 spiro atoms. The summed E-state index contributed by atoms with van der Waals surface area (Å²) in [4.78, 5) is 14.7. The topological polar surface area (TPSA) is 59.0 Å². The summed E-state index contributed by atoms with van der Waals surface area (Å²) in [6.45, 7) is 4.83. The molecule has 24 heavy (non-hydrogen) atoms. The number of hydrogen-bond donors (Lipinski definition) is 1. The molecule has 1 aromatic carbocycles. The lowest BCUT2D eigenvalue weighted by molar-refractivity contribution is -0.137. The first-order chi connectivity index (χ1) is 11.4. The van der Waals surface area contributed by atoms with Gasteiger partial charge in [-0.1, -0.05) is 13.0 Å². The maximum atomic E-state index is 12.5. The van der Waals surface area contributed by atoms with Crippen LogP contribution in [-0.4, -0.2) is 54.2 Å². The Hall–Kier alpha value is -1.85. The number of ether oxygens (including phenoxy) is 2. The van der Waals surface area contributed by atoms with Crippen molar-refractivity contribution in [3.05, 3.63) is 35.4 Å². The normalized spacial score (nSPS) is 35.8. The zero-order chi connectivity index (χ0) is 17.3. The summed E-state index contributed by atoms with van der Waals surface area (Å²) in [6, 6.07) is 3.81. The third-order valence-electron chi connectivity index (χ3n) is 6.25. The van der Waals surface area contributed by atoms with Crippen LogP contribution in [0.5, 0.6) is 11.5 Å². The zero-order valence-electron chi connectivity index (χ0n) is 14.5. The fourth-order valence-electron chi connectivity index (χ4n) is 4.74. The minimum Gasteiger partial charge on any atom is -0.493 e. The summed E-state index contributed by atoms with van der Waals surface area (Å²) in [7, 11) is 3.60. The van der Waals surface area contributed by atoms with E-state index in [9.17, 15) is 9.90 Å². The molecule has 0 aromatic heterocycles. The highest BCUT2D eigenvalue weighted by atomic mass is 16.5. The minimum absolute atomic E-state index is 0.105. The van der Waals surface area contributed by atoms with Crippen molar-refractivity contribution in [2.24, 2.45) is 0 Å². The van der Waals surface area contributed by atoms with E-state index in [1.807, 2.05) is 26.1 Å². The molecule has 2 aliphatic carbocycles. The Balaban J connectivity index is 2.03. The molecular weight excluding hydrogens is 306 g/mol. The number of aliphatic hydroxyl groups is 1. The molecule has 5 heteroatoms. The molecule has 1 unspecified atom stereocenters. The van der Waals surface area contributed by atoms with E-state index in [1.54, 1.807) is 13.2 Å². The van der Waals surface area contributed by atoms with Gasteiger partial charge in [-0.2, -0.15) is 0 Å². The fourth-order valence-corrected chi connectivity index (χ4v) is 4.74. The van der Waals surface area contributed by atoms with Crippen LogP contribution in [0.1, 0.15) is 25.0 Å². The Morgan fingerprint density at radius 2 is 2.21 bits per heavy atom. The smallest absolute Gasteiger partial charge is 0.196 e. The second kappa shape index (κ2) is 4.83. The second-order valence-corrected chi connectivity index (χ2v) is 7.19. The van der Waals surface area contributed by atoms with Gasteiger partial charge in [-0.3, -0.25) is 4.79 Å². The lowest BCUT2D eigenvalue weighted by atomic mass is 9.55. The maximum absolute atomic E-state index is 12.5. The summed E-state index contributed by atoms with van der Waals surface area (Å²) >= 11 is 0. The second-order valence-electron chi connectivity index (χ2n) is 7.19. The van der Waals surface area contributed by atoms with E-state index < -0.39 is 17.1 Å². The standard InChI is InChI=1S/C19H23NO4/c1-5-20(3)14-10-11-6-7-13(23-4)16-15(11)18(2)17(24-16)12(21)8-9-19(14,18)22/h6-9,14,17,22H,5,10H2,1-4H3/t14?,17-,18-,19+/m0/s1. The molecule has 1 N–H and O–H groups in total. The van der Waals surface area contributed by atoms with Gasteiger partial charge in [0, 0.05) is 11.6 Å². The molecule has 0 fully saturated rings. The van der Waals surface area contributed by atoms with Crippen molar-refractivity contribution in [1.29, 1.82) is 0 Å². The van der Waals surface area contributed by atoms with Gasteiger partial charge in [-0.15, -0.1) is 0 Å². The Morgan fingerprint density at radius 1 is 1.46 bits per heavy atom. The average molecular weight is 329 g/mol. The third-order valence-corrected chi connectivity index (χ3v) is 6.25. The van der Waals surface area contributed by atoms with Crippen molar-refractivity contribution in [1.82, 2.24) is 4.90 Å².